The van der Waals surface area contributed by atoms with Crippen molar-refractivity contribution in [3.63, 3.8) is 0 Å². The molecule has 9 nitrogen and oxygen atoms in total. The molecule has 0 unspecified atom stereocenters. The number of fused-ring (bicyclic) bond motifs is 1. The Morgan fingerprint density at radius 1 is 1.02 bits per heavy atom. The number of hydrogen-bond donors (Lipinski definition) is 2. The number of likely N-dealkylation sites (tertiary alicyclic amines) is 1. The van der Waals surface area contributed by atoms with Crippen molar-refractivity contribution in [3.05, 3.63) is 99.9 Å². The summed E-state index contributed by atoms with van der Waals surface area (Å²) in [6, 6.07) is 18.7. The Hall–Kier alpha value is -3.61. The zero-order valence-electron chi connectivity index (χ0n) is 25.5. The zero-order valence-corrected chi connectivity index (χ0v) is 27.8. The highest BCUT2D eigenvalue weighted by Crippen LogP contribution is 2.55. The number of ether oxygens (including phenoxy) is 1. The first kappa shape index (κ1) is 33.3. The first-order chi connectivity index (χ1) is 22.7. The van der Waals surface area contributed by atoms with Crippen molar-refractivity contribution in [2.75, 3.05) is 45.9 Å². The van der Waals surface area contributed by atoms with E-state index in [2.05, 4.69) is 4.98 Å². The first-order valence-electron chi connectivity index (χ1n) is 15.3. The molecule has 3 amide bonds. The van der Waals surface area contributed by atoms with Crippen LogP contribution in [0.1, 0.15) is 23.6 Å². The fourth-order valence-corrected chi connectivity index (χ4v) is 8.17. The van der Waals surface area contributed by atoms with Crippen LogP contribution in [0.15, 0.2) is 77.8 Å². The molecule has 47 heavy (non-hydrogen) atoms. The Morgan fingerprint density at radius 2 is 1.77 bits per heavy atom. The molecule has 0 bridgehead atoms. The number of carbonyl (C=O) groups excluding carboxylic acids is 3. The van der Waals surface area contributed by atoms with Crippen LogP contribution in [0.2, 0.25) is 10.0 Å². The lowest BCUT2D eigenvalue weighted by Gasteiger charge is -2.42. The Labute approximate surface area is 286 Å². The molecule has 0 aliphatic carbocycles. The molecule has 246 valence electrons. The van der Waals surface area contributed by atoms with Crippen LogP contribution in [-0.2, 0) is 25.7 Å². The average molecular weight is 699 g/mol. The first-order valence-corrected chi connectivity index (χ1v) is 16.9. The number of rotatable bonds is 10. The summed E-state index contributed by atoms with van der Waals surface area (Å²) in [6.45, 7) is 1.87. The van der Waals surface area contributed by atoms with Crippen molar-refractivity contribution in [3.8, 4) is 0 Å². The van der Waals surface area contributed by atoms with Gasteiger partial charge in [-0.1, -0.05) is 53.5 Å². The second-order valence-electron chi connectivity index (χ2n) is 11.6. The van der Waals surface area contributed by atoms with Crippen molar-refractivity contribution in [2.45, 2.75) is 28.6 Å². The number of H-pyrrole nitrogens is 1. The van der Waals surface area contributed by atoms with E-state index in [0.717, 1.165) is 21.4 Å². The standard InChI is InChI=1S/C34H34Cl2FN5O4S/c35-23-7-8-25-26(19-39-29(25)17-23)32-34(47-24-4-2-1-3-5-24,18-30(43)42(32)20-22-6-9-27(36)28(37)16-22)33(45)41-13-11-40(12-14-41)31(44)21-46-15-10-38/h1-9,16-17,19,32,39H,10-15,18,20-21,38H2/t32-,34-/m0/s1. The molecule has 13 heteroatoms. The molecule has 4 aromatic rings. The van der Waals surface area contributed by atoms with E-state index in [1.807, 2.05) is 42.6 Å². The quantitative estimate of drug-likeness (QED) is 0.219. The maximum Gasteiger partial charge on any atom is 0.248 e. The van der Waals surface area contributed by atoms with Gasteiger partial charge in [-0.25, -0.2) is 4.39 Å². The number of aromatic amines is 1. The molecule has 2 fully saturated rings. The van der Waals surface area contributed by atoms with Gasteiger partial charge in [-0.2, -0.15) is 0 Å². The molecule has 0 spiro atoms. The van der Waals surface area contributed by atoms with Crippen LogP contribution in [-0.4, -0.2) is 88.1 Å². The summed E-state index contributed by atoms with van der Waals surface area (Å²) >= 11 is 13.7. The monoisotopic (exact) mass is 697 g/mol. The molecule has 1 aromatic heterocycles. The van der Waals surface area contributed by atoms with Crippen molar-refractivity contribution in [2.24, 2.45) is 5.73 Å². The van der Waals surface area contributed by atoms with E-state index in [9.17, 15) is 14.0 Å². The normalized spacial score (nSPS) is 20.0. The van der Waals surface area contributed by atoms with Gasteiger partial charge in [0.2, 0.25) is 17.7 Å². The van der Waals surface area contributed by atoms with Crippen LogP contribution in [0.5, 0.6) is 0 Å². The molecule has 2 aliphatic rings. The van der Waals surface area contributed by atoms with Crippen LogP contribution in [0.4, 0.5) is 4.39 Å². The van der Waals surface area contributed by atoms with Gasteiger partial charge in [-0.05, 0) is 42.0 Å². The molecule has 2 atom stereocenters. The van der Waals surface area contributed by atoms with E-state index in [1.54, 1.807) is 32.9 Å². The highest BCUT2D eigenvalue weighted by molar-refractivity contribution is 8.01. The SMILES string of the molecule is NCCOCC(=O)N1CCN(C(=O)[C@]2(Sc3ccccc3)CC(=O)N(Cc3ccc(Cl)c(F)c3)[C@H]2c2c[nH]c3cc(Cl)ccc23)CC1. The predicted molar refractivity (Wildman–Crippen MR) is 181 cm³/mol. The number of amides is 3. The van der Waals surface area contributed by atoms with Gasteiger partial charge in [-0.3, -0.25) is 14.4 Å². The molecule has 3 heterocycles. The van der Waals surface area contributed by atoms with Gasteiger partial charge in [0.1, 0.15) is 17.2 Å². The van der Waals surface area contributed by atoms with Crippen LogP contribution in [0, 0.1) is 5.82 Å². The number of benzene rings is 3. The molecule has 0 radical (unpaired) electrons. The third kappa shape index (κ3) is 6.86. The molecule has 6 rings (SSSR count). The Morgan fingerprint density at radius 3 is 2.49 bits per heavy atom. The number of thioether (sulfide) groups is 1. The van der Waals surface area contributed by atoms with E-state index in [-0.39, 0.29) is 48.9 Å². The summed E-state index contributed by atoms with van der Waals surface area (Å²) in [5.74, 6) is -1.19. The Kier molecular flexibility index (Phi) is 10.1. The van der Waals surface area contributed by atoms with Crippen LogP contribution < -0.4 is 5.73 Å². The largest absolute Gasteiger partial charge is 0.370 e. The topological polar surface area (TPSA) is 112 Å². The Balaban J connectivity index is 1.41. The van der Waals surface area contributed by atoms with E-state index < -0.39 is 16.6 Å². The summed E-state index contributed by atoms with van der Waals surface area (Å²) in [5.41, 5.74) is 7.54. The van der Waals surface area contributed by atoms with Crippen LogP contribution in [0.25, 0.3) is 10.9 Å². The lowest BCUT2D eigenvalue weighted by molar-refractivity contribution is -0.143. The van der Waals surface area contributed by atoms with Gasteiger partial charge >= 0.3 is 0 Å². The minimum Gasteiger partial charge on any atom is -0.370 e. The van der Waals surface area contributed by atoms with E-state index in [1.165, 1.54) is 23.9 Å². The van der Waals surface area contributed by atoms with Gasteiger partial charge in [0.05, 0.1) is 24.1 Å². The van der Waals surface area contributed by atoms with Gasteiger partial charge < -0.3 is 30.2 Å². The molecule has 3 aromatic carbocycles. The summed E-state index contributed by atoms with van der Waals surface area (Å²) in [6.07, 6.45) is 1.74. The summed E-state index contributed by atoms with van der Waals surface area (Å²) in [4.78, 5) is 51.2. The third-order valence-corrected chi connectivity index (χ3v) is 10.6. The zero-order chi connectivity index (χ0) is 33.1. The fraction of sp³-hybridized carbons (Fsp3) is 0.324. The maximum absolute atomic E-state index is 15.0. The smallest absolute Gasteiger partial charge is 0.248 e. The van der Waals surface area contributed by atoms with Crippen molar-refractivity contribution in [1.29, 1.82) is 0 Å². The number of nitrogens with two attached hydrogens (primary N) is 1. The van der Waals surface area contributed by atoms with Gasteiger partial charge in [-0.15, -0.1) is 11.8 Å². The van der Waals surface area contributed by atoms with Crippen LogP contribution >= 0.6 is 35.0 Å². The third-order valence-electron chi connectivity index (χ3n) is 8.61. The van der Waals surface area contributed by atoms with E-state index in [4.69, 9.17) is 33.7 Å². The second kappa shape index (κ2) is 14.2. The highest BCUT2D eigenvalue weighted by atomic mass is 35.5. The van der Waals surface area contributed by atoms with Gasteiger partial charge in [0.25, 0.3) is 0 Å². The maximum atomic E-state index is 15.0. The second-order valence-corrected chi connectivity index (χ2v) is 13.8. The molecule has 2 aliphatic heterocycles. The molecule has 2 saturated heterocycles. The van der Waals surface area contributed by atoms with Gasteiger partial charge in [0, 0.05) is 71.8 Å². The van der Waals surface area contributed by atoms with Crippen LogP contribution in [0.3, 0.4) is 0 Å². The lowest BCUT2D eigenvalue weighted by Crippen LogP contribution is -2.57. The molecule has 3 N–H and O–H groups in total. The molecular formula is C34H34Cl2FN5O4S. The molecule has 0 saturated carbocycles. The number of piperazine rings is 1. The fourth-order valence-electron chi connectivity index (χ4n) is 6.39. The summed E-state index contributed by atoms with van der Waals surface area (Å²) in [5, 5.41) is 1.35. The minimum absolute atomic E-state index is 0.0146. The highest BCUT2D eigenvalue weighted by Gasteiger charge is 2.60. The van der Waals surface area contributed by atoms with Crippen molar-refractivity contribution < 1.29 is 23.5 Å². The number of aromatic nitrogens is 1. The summed E-state index contributed by atoms with van der Waals surface area (Å²) < 4.78 is 18.6. The Bertz CT molecular complexity index is 1780. The molecular weight excluding hydrogens is 664 g/mol. The number of carbonyl (C=O) groups is 3. The number of nitrogens with one attached hydrogen (secondary N) is 1. The number of halogens is 3. The number of hydrogen-bond acceptors (Lipinski definition) is 6. The average Bonchev–Trinajstić information content (AvgIpc) is 3.60. The van der Waals surface area contributed by atoms with E-state index >= 15 is 4.79 Å². The number of nitrogens with zero attached hydrogens (tertiary/aromatic N) is 3. The van der Waals surface area contributed by atoms with E-state index in [0.29, 0.717) is 43.3 Å². The minimum atomic E-state index is -1.30. The van der Waals surface area contributed by atoms with Crippen molar-refractivity contribution in [1.82, 2.24) is 19.7 Å². The summed E-state index contributed by atoms with van der Waals surface area (Å²) in [7, 11) is 0. The van der Waals surface area contributed by atoms with Crippen molar-refractivity contribution >= 4 is 63.6 Å². The predicted octanol–water partition coefficient (Wildman–Crippen LogP) is 5.26. The van der Waals surface area contributed by atoms with Gasteiger partial charge in [0.15, 0.2) is 0 Å². The lowest BCUT2D eigenvalue weighted by atomic mass is 9.90.